The van der Waals surface area contributed by atoms with Crippen LogP contribution < -0.4 is 29.1 Å². The van der Waals surface area contributed by atoms with Gasteiger partial charge < -0.3 is 18.9 Å². The van der Waals surface area contributed by atoms with Crippen LogP contribution in [0.2, 0.25) is 5.02 Å². The van der Waals surface area contributed by atoms with Gasteiger partial charge in [0.15, 0.2) is 16.3 Å². The second kappa shape index (κ2) is 11.3. The summed E-state index contributed by atoms with van der Waals surface area (Å²) in [4.78, 5) is 32.1. The molecule has 8 nitrogen and oxygen atoms in total. The molecule has 4 aromatic rings. The van der Waals surface area contributed by atoms with Gasteiger partial charge in [-0.15, -0.1) is 0 Å². The predicted molar refractivity (Wildman–Crippen MR) is 155 cm³/mol. The van der Waals surface area contributed by atoms with E-state index in [9.17, 15) is 9.59 Å². The van der Waals surface area contributed by atoms with Crippen molar-refractivity contribution in [1.29, 1.82) is 0 Å². The second-order valence-corrected chi connectivity index (χ2v) is 10.8. The molecule has 0 bridgehead atoms. The first-order valence-corrected chi connectivity index (χ1v) is 14.2. The normalized spacial score (nSPS) is 15.9. The lowest BCUT2D eigenvalue weighted by Gasteiger charge is -2.24. The minimum Gasteiger partial charge on any atom is -0.489 e. The number of allylic oxidation sites excluding steroid dienone is 1. The van der Waals surface area contributed by atoms with Crippen LogP contribution in [-0.4, -0.2) is 23.9 Å². The van der Waals surface area contributed by atoms with Crippen LogP contribution in [0.15, 0.2) is 87.8 Å². The summed E-state index contributed by atoms with van der Waals surface area (Å²) in [6.07, 6.45) is 1.81. The summed E-state index contributed by atoms with van der Waals surface area (Å²) < 4.78 is 24.3. The molecule has 0 saturated heterocycles. The van der Waals surface area contributed by atoms with E-state index < -0.39 is 12.0 Å². The van der Waals surface area contributed by atoms with E-state index in [1.54, 1.807) is 30.5 Å². The standard InChI is InChI=1S/C31H25ClN2O6S/c1-3-37-30(36)27-18(2)33-31-34(28(27)20-10-13-24-25(15-20)40-17-39-24)29(35)26(41-31)14-19-8-11-22(12-9-19)38-16-21-6-4-5-7-23(21)32/h4-15,28H,3,16-17H2,1-2H3/b26-14+/t28-/m0/s1. The Morgan fingerprint density at radius 2 is 1.90 bits per heavy atom. The average molecular weight is 589 g/mol. The van der Waals surface area contributed by atoms with Crippen molar-refractivity contribution in [3.8, 4) is 17.2 Å². The molecule has 0 radical (unpaired) electrons. The molecule has 0 aliphatic carbocycles. The van der Waals surface area contributed by atoms with E-state index in [-0.39, 0.29) is 19.0 Å². The zero-order valence-corrected chi connectivity index (χ0v) is 23.8. The van der Waals surface area contributed by atoms with Gasteiger partial charge in [0.2, 0.25) is 6.79 Å². The smallest absolute Gasteiger partial charge is 0.338 e. The van der Waals surface area contributed by atoms with E-state index in [0.29, 0.717) is 55.0 Å². The van der Waals surface area contributed by atoms with Crippen molar-refractivity contribution in [3.05, 3.63) is 119 Å². The monoisotopic (exact) mass is 588 g/mol. The van der Waals surface area contributed by atoms with E-state index in [1.807, 2.05) is 60.7 Å². The molecule has 0 spiro atoms. The van der Waals surface area contributed by atoms with Gasteiger partial charge in [-0.2, -0.15) is 0 Å². The van der Waals surface area contributed by atoms with Crippen molar-refractivity contribution >= 4 is 35.0 Å². The summed E-state index contributed by atoms with van der Waals surface area (Å²) in [5.74, 6) is 1.33. The Morgan fingerprint density at radius 1 is 1.12 bits per heavy atom. The van der Waals surface area contributed by atoms with Gasteiger partial charge in [-0.1, -0.05) is 59.3 Å². The van der Waals surface area contributed by atoms with Crippen molar-refractivity contribution < 1.29 is 23.7 Å². The number of rotatable bonds is 7. The highest BCUT2D eigenvalue weighted by Gasteiger charge is 2.34. The fourth-order valence-electron chi connectivity index (χ4n) is 4.78. The molecule has 3 heterocycles. The zero-order valence-electron chi connectivity index (χ0n) is 22.3. The molecule has 0 saturated carbocycles. The number of carbonyl (C=O) groups is 1. The highest BCUT2D eigenvalue weighted by Crippen LogP contribution is 2.38. The van der Waals surface area contributed by atoms with Crippen LogP contribution in [0.25, 0.3) is 6.08 Å². The first kappa shape index (κ1) is 26.9. The van der Waals surface area contributed by atoms with E-state index in [1.165, 1.54) is 11.3 Å². The maximum Gasteiger partial charge on any atom is 0.338 e. The molecule has 41 heavy (non-hydrogen) atoms. The third-order valence-electron chi connectivity index (χ3n) is 6.76. The lowest BCUT2D eigenvalue weighted by atomic mass is 9.95. The Balaban J connectivity index is 1.36. The van der Waals surface area contributed by atoms with Gasteiger partial charge in [-0.05, 0) is 61.4 Å². The van der Waals surface area contributed by atoms with Crippen molar-refractivity contribution in [2.45, 2.75) is 26.5 Å². The number of benzene rings is 3. The number of hydrogen-bond acceptors (Lipinski definition) is 8. The first-order valence-electron chi connectivity index (χ1n) is 13.0. The number of hydrogen-bond donors (Lipinski definition) is 0. The summed E-state index contributed by atoms with van der Waals surface area (Å²) in [6, 6.07) is 19.7. The van der Waals surface area contributed by atoms with Gasteiger partial charge >= 0.3 is 5.97 Å². The summed E-state index contributed by atoms with van der Waals surface area (Å²) in [5.41, 5.74) is 2.96. The molecular weight excluding hydrogens is 564 g/mol. The second-order valence-electron chi connectivity index (χ2n) is 9.36. The molecule has 1 atom stereocenters. The van der Waals surface area contributed by atoms with Crippen LogP contribution in [-0.2, 0) is 16.1 Å². The maximum atomic E-state index is 13.8. The van der Waals surface area contributed by atoms with Gasteiger partial charge in [0, 0.05) is 10.6 Å². The van der Waals surface area contributed by atoms with Crippen molar-refractivity contribution in [3.63, 3.8) is 0 Å². The zero-order chi connectivity index (χ0) is 28.5. The van der Waals surface area contributed by atoms with Crippen LogP contribution >= 0.6 is 22.9 Å². The lowest BCUT2D eigenvalue weighted by Crippen LogP contribution is -2.39. The fraction of sp³-hybridized carbons (Fsp3) is 0.194. The van der Waals surface area contributed by atoms with Crippen LogP contribution in [0.5, 0.6) is 17.2 Å². The van der Waals surface area contributed by atoms with Gasteiger partial charge in [-0.3, -0.25) is 9.36 Å². The van der Waals surface area contributed by atoms with E-state index in [2.05, 4.69) is 4.99 Å². The molecule has 10 heteroatoms. The number of halogens is 1. The molecule has 6 rings (SSSR count). The Kier molecular flexibility index (Phi) is 7.38. The highest BCUT2D eigenvalue weighted by atomic mass is 35.5. The average Bonchev–Trinajstić information content (AvgIpc) is 3.56. The Morgan fingerprint density at radius 3 is 2.68 bits per heavy atom. The Labute approximate surface area is 244 Å². The van der Waals surface area contributed by atoms with Crippen LogP contribution in [0.3, 0.4) is 0 Å². The molecular formula is C31H25ClN2O6S. The minimum atomic E-state index is -0.734. The van der Waals surface area contributed by atoms with Crippen LogP contribution in [0.1, 0.15) is 36.6 Å². The van der Waals surface area contributed by atoms with E-state index >= 15 is 0 Å². The van der Waals surface area contributed by atoms with Crippen LogP contribution in [0, 0.1) is 0 Å². The molecule has 208 valence electrons. The molecule has 2 aliphatic heterocycles. The maximum absolute atomic E-state index is 13.8. The van der Waals surface area contributed by atoms with Crippen molar-refractivity contribution in [1.82, 2.24) is 4.57 Å². The summed E-state index contributed by atoms with van der Waals surface area (Å²) >= 11 is 7.49. The summed E-state index contributed by atoms with van der Waals surface area (Å²) in [7, 11) is 0. The number of ether oxygens (including phenoxy) is 4. The molecule has 0 unspecified atom stereocenters. The van der Waals surface area contributed by atoms with Gasteiger partial charge in [0.05, 0.1) is 28.5 Å². The topological polar surface area (TPSA) is 88.4 Å². The number of nitrogens with zero attached hydrogens (tertiary/aromatic N) is 2. The molecule has 0 amide bonds. The van der Waals surface area contributed by atoms with Gasteiger partial charge in [0.1, 0.15) is 12.4 Å². The molecule has 2 aliphatic rings. The fourth-order valence-corrected chi connectivity index (χ4v) is 6.02. The Bertz CT molecular complexity index is 1860. The third-order valence-corrected chi connectivity index (χ3v) is 8.11. The molecule has 1 aromatic heterocycles. The first-order chi connectivity index (χ1) is 19.9. The number of thiazole rings is 1. The SMILES string of the molecule is CCOC(=O)C1=C(C)N=c2s/c(=C/c3ccc(OCc4ccccc4Cl)cc3)c(=O)n2[C@H]1c1ccc2c(c1)OCO2. The van der Waals surface area contributed by atoms with Crippen LogP contribution in [0.4, 0.5) is 0 Å². The number of aromatic nitrogens is 1. The minimum absolute atomic E-state index is 0.116. The van der Waals surface area contributed by atoms with Gasteiger partial charge in [-0.25, -0.2) is 9.79 Å². The van der Waals surface area contributed by atoms with E-state index in [4.69, 9.17) is 30.5 Å². The quantitative estimate of drug-likeness (QED) is 0.289. The molecule has 0 N–H and O–H groups in total. The largest absolute Gasteiger partial charge is 0.489 e. The number of esters is 1. The predicted octanol–water partition coefficient (Wildman–Crippen LogP) is 4.76. The number of carbonyl (C=O) groups excluding carboxylic acids is 1. The lowest BCUT2D eigenvalue weighted by molar-refractivity contribution is -0.139. The Hall–Kier alpha value is -4.34. The van der Waals surface area contributed by atoms with Crippen molar-refractivity contribution in [2.75, 3.05) is 13.4 Å². The summed E-state index contributed by atoms with van der Waals surface area (Å²) in [5, 5.41) is 0.653. The molecule has 0 fully saturated rings. The van der Waals surface area contributed by atoms with Crippen molar-refractivity contribution in [2.24, 2.45) is 4.99 Å². The third kappa shape index (κ3) is 5.26. The summed E-state index contributed by atoms with van der Waals surface area (Å²) in [6.45, 7) is 4.16. The highest BCUT2D eigenvalue weighted by molar-refractivity contribution is 7.07. The van der Waals surface area contributed by atoms with E-state index in [0.717, 1.165) is 11.1 Å². The van der Waals surface area contributed by atoms with Gasteiger partial charge in [0.25, 0.3) is 5.56 Å². The number of fused-ring (bicyclic) bond motifs is 2. The molecule has 3 aromatic carbocycles.